The Kier molecular flexibility index (Phi) is 6.81. The summed E-state index contributed by atoms with van der Waals surface area (Å²) in [5, 5.41) is 3.02. The highest BCUT2D eigenvalue weighted by Crippen LogP contribution is 2.14. The van der Waals surface area contributed by atoms with E-state index in [1.807, 2.05) is 35.2 Å². The Hall–Kier alpha value is -2.64. The van der Waals surface area contributed by atoms with E-state index in [0.29, 0.717) is 19.2 Å². The number of carbonyl (C=O) groups excluding carboxylic acids is 1. The van der Waals surface area contributed by atoms with Crippen molar-refractivity contribution in [3.8, 4) is 0 Å². The van der Waals surface area contributed by atoms with Gasteiger partial charge in [-0.05, 0) is 30.0 Å². The first kappa shape index (κ1) is 20.6. The number of hydrogen-bond acceptors (Lipinski definition) is 4. The molecule has 2 saturated heterocycles. The Morgan fingerprint density at radius 3 is 2.50 bits per heavy atom. The van der Waals surface area contributed by atoms with Crippen LogP contribution >= 0.6 is 0 Å². The first-order chi connectivity index (χ1) is 14.7. The topological polar surface area (TPSA) is 66.8 Å². The lowest BCUT2D eigenvalue weighted by molar-refractivity contribution is 0.0561. The molecule has 7 heteroatoms. The van der Waals surface area contributed by atoms with Crippen LogP contribution in [-0.2, 0) is 17.8 Å². The Labute approximate surface area is 177 Å². The van der Waals surface area contributed by atoms with Gasteiger partial charge >= 0.3 is 6.03 Å². The summed E-state index contributed by atoms with van der Waals surface area (Å²) in [6.45, 7) is 6.23. The molecule has 1 aromatic carbocycles. The molecule has 1 unspecified atom stereocenters. The van der Waals surface area contributed by atoms with Gasteiger partial charge in [0.25, 0.3) is 5.56 Å². The molecule has 4 rings (SSSR count). The van der Waals surface area contributed by atoms with Crippen molar-refractivity contribution >= 4 is 6.03 Å². The van der Waals surface area contributed by atoms with Crippen LogP contribution in [-0.4, -0.2) is 65.8 Å². The van der Waals surface area contributed by atoms with Crippen LogP contribution < -0.4 is 10.9 Å². The third-order valence-electron chi connectivity index (χ3n) is 5.86. The first-order valence-electron chi connectivity index (χ1n) is 10.8. The molecule has 0 aliphatic carbocycles. The van der Waals surface area contributed by atoms with Gasteiger partial charge in [0, 0.05) is 58.1 Å². The molecule has 2 aliphatic rings. The summed E-state index contributed by atoms with van der Waals surface area (Å²) >= 11 is 0. The lowest BCUT2D eigenvalue weighted by atomic mass is 10.1. The van der Waals surface area contributed by atoms with Crippen molar-refractivity contribution in [3.63, 3.8) is 0 Å². The molecular weight excluding hydrogens is 380 g/mol. The van der Waals surface area contributed by atoms with Crippen LogP contribution in [0.5, 0.6) is 0 Å². The molecule has 2 aliphatic heterocycles. The minimum absolute atomic E-state index is 0.00770. The largest absolute Gasteiger partial charge is 0.377 e. The van der Waals surface area contributed by atoms with Crippen LogP contribution in [0.3, 0.4) is 0 Å². The van der Waals surface area contributed by atoms with Gasteiger partial charge in [0.05, 0.1) is 12.6 Å². The summed E-state index contributed by atoms with van der Waals surface area (Å²) in [7, 11) is 0. The van der Waals surface area contributed by atoms with Crippen molar-refractivity contribution in [2.45, 2.75) is 32.0 Å². The van der Waals surface area contributed by atoms with Crippen LogP contribution in [0, 0.1) is 0 Å². The fourth-order valence-electron chi connectivity index (χ4n) is 4.05. The summed E-state index contributed by atoms with van der Waals surface area (Å²) in [5.41, 5.74) is 2.09. The number of rotatable bonds is 6. The average Bonchev–Trinajstić information content (AvgIpc) is 3.28. The molecule has 1 aromatic heterocycles. The fourth-order valence-corrected chi connectivity index (χ4v) is 4.05. The molecule has 2 fully saturated rings. The predicted octanol–water partition coefficient (Wildman–Crippen LogP) is 1.90. The fraction of sp³-hybridized carbons (Fsp3) is 0.478. The highest BCUT2D eigenvalue weighted by atomic mass is 16.5. The van der Waals surface area contributed by atoms with Gasteiger partial charge in [0.15, 0.2) is 0 Å². The Balaban J connectivity index is 1.20. The number of benzene rings is 1. The molecule has 30 heavy (non-hydrogen) atoms. The maximum Gasteiger partial charge on any atom is 0.317 e. The summed E-state index contributed by atoms with van der Waals surface area (Å²) < 4.78 is 7.39. The van der Waals surface area contributed by atoms with E-state index in [-0.39, 0.29) is 11.6 Å². The SMILES string of the molecule is O=C(NCc1ccc(Cn2ccccc2=O)cc1)N1CCN(CC2CCCO2)CC1. The van der Waals surface area contributed by atoms with Gasteiger partial charge in [-0.15, -0.1) is 0 Å². The summed E-state index contributed by atoms with van der Waals surface area (Å²) in [5.74, 6) is 0. The lowest BCUT2D eigenvalue weighted by Gasteiger charge is -2.35. The Bertz CT molecular complexity index is 882. The molecule has 7 nitrogen and oxygen atoms in total. The molecule has 0 saturated carbocycles. The minimum Gasteiger partial charge on any atom is -0.377 e. The number of urea groups is 1. The van der Waals surface area contributed by atoms with Crippen LogP contribution in [0.1, 0.15) is 24.0 Å². The third-order valence-corrected chi connectivity index (χ3v) is 5.86. The maximum atomic E-state index is 12.5. The number of pyridine rings is 1. The highest BCUT2D eigenvalue weighted by molar-refractivity contribution is 5.74. The van der Waals surface area contributed by atoms with E-state index in [1.165, 1.54) is 6.42 Å². The third kappa shape index (κ3) is 5.49. The molecule has 3 heterocycles. The number of amides is 2. The molecule has 2 amide bonds. The van der Waals surface area contributed by atoms with Gasteiger partial charge in [0.1, 0.15) is 0 Å². The number of hydrogen-bond donors (Lipinski definition) is 1. The number of nitrogens with one attached hydrogen (secondary N) is 1. The van der Waals surface area contributed by atoms with Gasteiger partial charge in [-0.25, -0.2) is 4.79 Å². The smallest absolute Gasteiger partial charge is 0.317 e. The number of piperazine rings is 1. The van der Waals surface area contributed by atoms with E-state index in [9.17, 15) is 9.59 Å². The molecule has 160 valence electrons. The Morgan fingerprint density at radius 2 is 1.80 bits per heavy atom. The molecule has 0 bridgehead atoms. The zero-order valence-corrected chi connectivity index (χ0v) is 17.3. The number of nitrogens with zero attached hydrogens (tertiary/aromatic N) is 3. The maximum absolute atomic E-state index is 12.5. The zero-order valence-electron chi connectivity index (χ0n) is 17.3. The normalized spacial score (nSPS) is 19.7. The molecule has 0 spiro atoms. The summed E-state index contributed by atoms with van der Waals surface area (Å²) in [6, 6.07) is 13.2. The summed E-state index contributed by atoms with van der Waals surface area (Å²) in [4.78, 5) is 28.6. The second kappa shape index (κ2) is 9.91. The van der Waals surface area contributed by atoms with Gasteiger partial charge in [-0.2, -0.15) is 0 Å². The lowest BCUT2D eigenvalue weighted by Crippen LogP contribution is -2.52. The minimum atomic E-state index is -0.00953. The van der Waals surface area contributed by atoms with E-state index < -0.39 is 0 Å². The van der Waals surface area contributed by atoms with Crippen LogP contribution in [0.4, 0.5) is 4.79 Å². The van der Waals surface area contributed by atoms with Crippen molar-refractivity contribution in [2.24, 2.45) is 0 Å². The highest BCUT2D eigenvalue weighted by Gasteiger charge is 2.24. The van der Waals surface area contributed by atoms with Crippen LogP contribution in [0.15, 0.2) is 53.5 Å². The van der Waals surface area contributed by atoms with Crippen molar-refractivity contribution in [3.05, 3.63) is 70.1 Å². The van der Waals surface area contributed by atoms with Gasteiger partial charge in [-0.3, -0.25) is 9.69 Å². The first-order valence-corrected chi connectivity index (χ1v) is 10.8. The van der Waals surface area contributed by atoms with Crippen molar-refractivity contribution < 1.29 is 9.53 Å². The zero-order chi connectivity index (χ0) is 20.8. The van der Waals surface area contributed by atoms with E-state index in [1.54, 1.807) is 22.9 Å². The molecule has 1 N–H and O–H groups in total. The Morgan fingerprint density at radius 1 is 1.03 bits per heavy atom. The molecule has 0 radical (unpaired) electrons. The predicted molar refractivity (Wildman–Crippen MR) is 115 cm³/mol. The second-order valence-electron chi connectivity index (χ2n) is 8.06. The molecular formula is C23H30N4O3. The number of ether oxygens (including phenoxy) is 1. The van der Waals surface area contributed by atoms with Crippen molar-refractivity contribution in [2.75, 3.05) is 39.3 Å². The summed E-state index contributed by atoms with van der Waals surface area (Å²) in [6.07, 6.45) is 4.48. The van der Waals surface area contributed by atoms with Crippen molar-refractivity contribution in [1.82, 2.24) is 19.7 Å². The van der Waals surface area contributed by atoms with Crippen LogP contribution in [0.2, 0.25) is 0 Å². The van der Waals surface area contributed by atoms with Crippen LogP contribution in [0.25, 0.3) is 0 Å². The molecule has 1 atom stereocenters. The van der Waals surface area contributed by atoms with Gasteiger partial charge < -0.3 is 19.5 Å². The van der Waals surface area contributed by atoms with E-state index in [0.717, 1.165) is 56.9 Å². The van der Waals surface area contributed by atoms with Gasteiger partial charge in [0.2, 0.25) is 0 Å². The van der Waals surface area contributed by atoms with E-state index >= 15 is 0 Å². The monoisotopic (exact) mass is 410 g/mol. The molecule has 2 aromatic rings. The number of aromatic nitrogens is 1. The standard InChI is InChI=1S/C23H30N4O3/c28-22-5-1-2-10-27(22)17-20-8-6-19(7-9-20)16-24-23(29)26-13-11-25(12-14-26)18-21-4-3-15-30-21/h1-2,5-10,21H,3-4,11-18H2,(H,24,29). The quantitative estimate of drug-likeness (QED) is 0.790. The van der Waals surface area contributed by atoms with E-state index in [4.69, 9.17) is 4.74 Å². The average molecular weight is 411 g/mol. The van der Waals surface area contributed by atoms with Crippen molar-refractivity contribution in [1.29, 1.82) is 0 Å². The second-order valence-corrected chi connectivity index (χ2v) is 8.06. The van der Waals surface area contributed by atoms with E-state index in [2.05, 4.69) is 10.2 Å². The number of carbonyl (C=O) groups is 1. The van der Waals surface area contributed by atoms with Gasteiger partial charge in [-0.1, -0.05) is 30.3 Å².